The third-order valence-corrected chi connectivity index (χ3v) is 3.10. The molecule has 0 radical (unpaired) electrons. The standard InChI is InChI=1S/C18H20O5/c1-14-12-16(23-18(19)15-6-4-3-5-7-15)8-9-17(14)22-13-21-11-10-20-2/h3-9,12H,10-11,13H2,1-2H3. The van der Waals surface area contributed by atoms with Gasteiger partial charge >= 0.3 is 5.97 Å². The molecule has 0 aromatic heterocycles. The highest BCUT2D eigenvalue weighted by molar-refractivity contribution is 5.90. The van der Waals surface area contributed by atoms with E-state index in [4.69, 9.17) is 18.9 Å². The van der Waals surface area contributed by atoms with Crippen LogP contribution in [0.15, 0.2) is 48.5 Å². The highest BCUT2D eigenvalue weighted by Crippen LogP contribution is 2.24. The minimum atomic E-state index is -0.387. The van der Waals surface area contributed by atoms with Crippen LogP contribution in [0.1, 0.15) is 15.9 Å². The van der Waals surface area contributed by atoms with E-state index in [1.54, 1.807) is 49.6 Å². The van der Waals surface area contributed by atoms with Crippen molar-refractivity contribution in [1.29, 1.82) is 0 Å². The summed E-state index contributed by atoms with van der Waals surface area (Å²) < 4.78 is 21.0. The van der Waals surface area contributed by atoms with Gasteiger partial charge in [-0.2, -0.15) is 0 Å². The molecule has 0 aliphatic rings. The quantitative estimate of drug-likeness (QED) is 0.324. The molecule has 0 aliphatic heterocycles. The monoisotopic (exact) mass is 316 g/mol. The molecule has 0 atom stereocenters. The van der Waals surface area contributed by atoms with Crippen LogP contribution in [0.3, 0.4) is 0 Å². The molecule has 0 heterocycles. The molecule has 5 heteroatoms. The van der Waals surface area contributed by atoms with Crippen LogP contribution in [0.25, 0.3) is 0 Å². The van der Waals surface area contributed by atoms with E-state index in [1.807, 2.05) is 13.0 Å². The van der Waals surface area contributed by atoms with E-state index < -0.39 is 0 Å². The number of methoxy groups -OCH3 is 1. The van der Waals surface area contributed by atoms with Crippen molar-refractivity contribution in [2.24, 2.45) is 0 Å². The second-order valence-corrected chi connectivity index (χ2v) is 4.85. The van der Waals surface area contributed by atoms with Crippen molar-refractivity contribution in [2.75, 3.05) is 27.1 Å². The molecular formula is C18H20O5. The van der Waals surface area contributed by atoms with Crippen molar-refractivity contribution < 1.29 is 23.7 Å². The Morgan fingerprint density at radius 1 is 1.04 bits per heavy atom. The number of benzene rings is 2. The second kappa shape index (κ2) is 8.92. The van der Waals surface area contributed by atoms with Gasteiger partial charge < -0.3 is 18.9 Å². The predicted molar refractivity (Wildman–Crippen MR) is 85.9 cm³/mol. The highest BCUT2D eigenvalue weighted by Gasteiger charge is 2.09. The Labute approximate surface area is 135 Å². The third-order valence-electron chi connectivity index (χ3n) is 3.10. The summed E-state index contributed by atoms with van der Waals surface area (Å²) in [5.74, 6) is 0.771. The molecule has 2 aromatic rings. The van der Waals surface area contributed by atoms with E-state index in [-0.39, 0.29) is 12.8 Å². The number of esters is 1. The first-order valence-corrected chi connectivity index (χ1v) is 7.28. The Hall–Kier alpha value is -2.37. The average Bonchev–Trinajstić information content (AvgIpc) is 2.57. The predicted octanol–water partition coefficient (Wildman–Crippen LogP) is 3.21. The van der Waals surface area contributed by atoms with Crippen LogP contribution in [-0.2, 0) is 9.47 Å². The first kappa shape index (κ1) is 17.0. The van der Waals surface area contributed by atoms with Gasteiger partial charge in [0, 0.05) is 7.11 Å². The van der Waals surface area contributed by atoms with Crippen LogP contribution in [-0.4, -0.2) is 33.1 Å². The van der Waals surface area contributed by atoms with Crippen molar-refractivity contribution in [3.63, 3.8) is 0 Å². The van der Waals surface area contributed by atoms with Crippen LogP contribution < -0.4 is 9.47 Å². The summed E-state index contributed by atoms with van der Waals surface area (Å²) in [5.41, 5.74) is 1.37. The van der Waals surface area contributed by atoms with Crippen molar-refractivity contribution in [3.8, 4) is 11.5 Å². The van der Waals surface area contributed by atoms with E-state index in [9.17, 15) is 4.79 Å². The van der Waals surface area contributed by atoms with Crippen molar-refractivity contribution >= 4 is 5.97 Å². The first-order chi connectivity index (χ1) is 11.2. The highest BCUT2D eigenvalue weighted by atomic mass is 16.7. The summed E-state index contributed by atoms with van der Waals surface area (Å²) >= 11 is 0. The summed E-state index contributed by atoms with van der Waals surface area (Å²) in [5, 5.41) is 0. The van der Waals surface area contributed by atoms with Gasteiger partial charge in [0.1, 0.15) is 11.5 Å². The van der Waals surface area contributed by atoms with Gasteiger partial charge in [0.15, 0.2) is 6.79 Å². The Balaban J connectivity index is 1.90. The molecule has 0 amide bonds. The Morgan fingerprint density at radius 3 is 2.52 bits per heavy atom. The van der Waals surface area contributed by atoms with Gasteiger partial charge in [0.05, 0.1) is 18.8 Å². The van der Waals surface area contributed by atoms with E-state index in [1.165, 1.54) is 0 Å². The topological polar surface area (TPSA) is 54.0 Å². The molecule has 2 rings (SSSR count). The molecule has 0 unspecified atom stereocenters. The molecule has 0 saturated heterocycles. The SMILES string of the molecule is COCCOCOc1ccc(OC(=O)c2ccccc2)cc1C. The molecule has 0 fully saturated rings. The summed E-state index contributed by atoms with van der Waals surface area (Å²) in [4.78, 5) is 12.0. The molecule has 5 nitrogen and oxygen atoms in total. The maximum absolute atomic E-state index is 12.0. The number of ether oxygens (including phenoxy) is 4. The zero-order chi connectivity index (χ0) is 16.5. The normalized spacial score (nSPS) is 10.3. The average molecular weight is 316 g/mol. The molecule has 2 aromatic carbocycles. The van der Waals surface area contributed by atoms with Gasteiger partial charge in [-0.3, -0.25) is 0 Å². The van der Waals surface area contributed by atoms with Crippen molar-refractivity contribution in [3.05, 3.63) is 59.7 Å². The molecule has 0 saturated carbocycles. The number of hydrogen-bond donors (Lipinski definition) is 0. The third kappa shape index (κ3) is 5.39. The number of aryl methyl sites for hydroxylation is 1. The fraction of sp³-hybridized carbons (Fsp3) is 0.278. The Bertz CT molecular complexity index is 625. The van der Waals surface area contributed by atoms with Crippen LogP contribution in [0, 0.1) is 6.92 Å². The largest absolute Gasteiger partial charge is 0.467 e. The number of hydrogen-bond acceptors (Lipinski definition) is 5. The lowest BCUT2D eigenvalue weighted by Crippen LogP contribution is -2.09. The second-order valence-electron chi connectivity index (χ2n) is 4.85. The van der Waals surface area contributed by atoms with Gasteiger partial charge in [-0.15, -0.1) is 0 Å². The van der Waals surface area contributed by atoms with E-state index in [0.29, 0.717) is 30.3 Å². The zero-order valence-electron chi connectivity index (χ0n) is 13.3. The van der Waals surface area contributed by atoms with E-state index in [0.717, 1.165) is 5.56 Å². The summed E-state index contributed by atoms with van der Waals surface area (Å²) in [6.07, 6.45) is 0. The van der Waals surface area contributed by atoms with Crippen molar-refractivity contribution in [2.45, 2.75) is 6.92 Å². The minimum absolute atomic E-state index is 0.146. The molecule has 122 valence electrons. The lowest BCUT2D eigenvalue weighted by Gasteiger charge is -2.11. The lowest BCUT2D eigenvalue weighted by atomic mass is 10.2. The van der Waals surface area contributed by atoms with Gasteiger partial charge in [0.25, 0.3) is 0 Å². The summed E-state index contributed by atoms with van der Waals surface area (Å²) in [7, 11) is 1.61. The molecule has 23 heavy (non-hydrogen) atoms. The number of carbonyl (C=O) groups is 1. The first-order valence-electron chi connectivity index (χ1n) is 7.28. The summed E-state index contributed by atoms with van der Waals surface area (Å²) in [6.45, 7) is 3.02. The van der Waals surface area contributed by atoms with Gasteiger partial charge in [0.2, 0.25) is 0 Å². The molecule has 0 N–H and O–H groups in total. The maximum atomic E-state index is 12.0. The summed E-state index contributed by atoms with van der Waals surface area (Å²) in [6, 6.07) is 14.1. The molecular weight excluding hydrogens is 296 g/mol. The minimum Gasteiger partial charge on any atom is -0.467 e. The van der Waals surface area contributed by atoms with Crippen LogP contribution in [0.2, 0.25) is 0 Å². The van der Waals surface area contributed by atoms with Gasteiger partial charge in [-0.25, -0.2) is 4.79 Å². The van der Waals surface area contributed by atoms with Crippen LogP contribution in [0.4, 0.5) is 0 Å². The maximum Gasteiger partial charge on any atom is 0.343 e. The van der Waals surface area contributed by atoms with Crippen LogP contribution in [0.5, 0.6) is 11.5 Å². The smallest absolute Gasteiger partial charge is 0.343 e. The fourth-order valence-electron chi connectivity index (χ4n) is 1.89. The van der Waals surface area contributed by atoms with Gasteiger partial charge in [-0.05, 0) is 42.8 Å². The zero-order valence-corrected chi connectivity index (χ0v) is 13.3. The Kier molecular flexibility index (Phi) is 6.59. The lowest BCUT2D eigenvalue weighted by molar-refractivity contribution is -0.00878. The van der Waals surface area contributed by atoms with E-state index >= 15 is 0 Å². The van der Waals surface area contributed by atoms with Gasteiger partial charge in [-0.1, -0.05) is 18.2 Å². The number of rotatable bonds is 8. The fourth-order valence-corrected chi connectivity index (χ4v) is 1.89. The molecule has 0 aliphatic carbocycles. The Morgan fingerprint density at radius 2 is 1.83 bits per heavy atom. The van der Waals surface area contributed by atoms with Crippen molar-refractivity contribution in [1.82, 2.24) is 0 Å². The van der Waals surface area contributed by atoms with Crippen LogP contribution >= 0.6 is 0 Å². The van der Waals surface area contributed by atoms with E-state index in [2.05, 4.69) is 0 Å². The number of carbonyl (C=O) groups excluding carboxylic acids is 1. The molecule has 0 spiro atoms. The molecule has 0 bridgehead atoms.